The summed E-state index contributed by atoms with van der Waals surface area (Å²) >= 11 is 0. The quantitative estimate of drug-likeness (QED) is 0.328. The lowest BCUT2D eigenvalue weighted by Crippen LogP contribution is -2.47. The first-order chi connectivity index (χ1) is 19.2. The average Bonchev–Trinajstić information content (AvgIpc) is 3.35. The topological polar surface area (TPSA) is 112 Å². The molecular weight excluding hydrogens is 502 g/mol. The van der Waals surface area contributed by atoms with Gasteiger partial charge in [0.15, 0.2) is 0 Å². The average molecular weight is 542 g/mol. The second-order valence-corrected chi connectivity index (χ2v) is 10.8. The number of aryl methyl sites for hydroxylation is 2. The van der Waals surface area contributed by atoms with Crippen molar-refractivity contribution in [2.45, 2.75) is 47.2 Å². The molecule has 1 fully saturated rings. The second-order valence-electron chi connectivity index (χ2n) is 10.8. The van der Waals surface area contributed by atoms with E-state index in [1.54, 1.807) is 12.3 Å². The van der Waals surface area contributed by atoms with Crippen LogP contribution in [0.1, 0.15) is 58.3 Å². The third kappa shape index (κ3) is 5.26. The number of likely N-dealkylation sites (N-methyl/N-ethyl adjacent to an activating group) is 1. The summed E-state index contributed by atoms with van der Waals surface area (Å²) in [6, 6.07) is 9.79. The van der Waals surface area contributed by atoms with E-state index in [1.165, 1.54) is 0 Å². The largest absolute Gasteiger partial charge is 0.384 e. The van der Waals surface area contributed by atoms with Crippen molar-refractivity contribution in [2.75, 3.05) is 38.5 Å². The molecule has 4 aromatic rings. The number of carbonyl (C=O) groups excluding carboxylic acids is 1. The van der Waals surface area contributed by atoms with Crippen LogP contribution in [0.25, 0.3) is 16.6 Å². The van der Waals surface area contributed by atoms with Gasteiger partial charge < -0.3 is 25.3 Å². The van der Waals surface area contributed by atoms with Gasteiger partial charge in [-0.15, -0.1) is 0 Å². The summed E-state index contributed by atoms with van der Waals surface area (Å²) in [6.45, 7) is 15.4. The number of nitrogens with zero attached hydrogens (tertiary/aromatic N) is 4. The number of amides is 1. The van der Waals surface area contributed by atoms with Crippen LogP contribution in [-0.2, 0) is 6.54 Å². The molecule has 210 valence electrons. The van der Waals surface area contributed by atoms with Crippen LogP contribution in [0.5, 0.6) is 0 Å². The Hall–Kier alpha value is -3.95. The van der Waals surface area contributed by atoms with Crippen molar-refractivity contribution in [2.24, 2.45) is 0 Å². The zero-order chi connectivity index (χ0) is 28.6. The maximum absolute atomic E-state index is 13.7. The monoisotopic (exact) mass is 541 g/mol. The number of nitrogens with one attached hydrogen (secondary N) is 2. The van der Waals surface area contributed by atoms with E-state index in [4.69, 9.17) is 5.73 Å². The van der Waals surface area contributed by atoms with E-state index < -0.39 is 0 Å². The highest BCUT2D eigenvalue weighted by atomic mass is 16.1. The van der Waals surface area contributed by atoms with Gasteiger partial charge in [-0.05, 0) is 75.7 Å². The summed E-state index contributed by atoms with van der Waals surface area (Å²) in [6.07, 6.45) is 3.85. The van der Waals surface area contributed by atoms with Crippen molar-refractivity contribution in [3.8, 4) is 11.1 Å². The summed E-state index contributed by atoms with van der Waals surface area (Å²) < 4.78 is 2.21. The van der Waals surface area contributed by atoms with E-state index in [0.717, 1.165) is 71.9 Å². The van der Waals surface area contributed by atoms with Crippen molar-refractivity contribution >= 4 is 17.2 Å². The van der Waals surface area contributed by atoms with Gasteiger partial charge >= 0.3 is 0 Å². The Balaban J connectivity index is 1.56. The highest BCUT2D eigenvalue weighted by molar-refractivity contribution is 5.98. The minimum Gasteiger partial charge on any atom is -0.384 e. The lowest BCUT2D eigenvalue weighted by molar-refractivity contribution is 0.0947. The molecule has 0 bridgehead atoms. The van der Waals surface area contributed by atoms with E-state index in [2.05, 4.69) is 55.6 Å². The Labute approximate surface area is 235 Å². The number of anilines is 1. The zero-order valence-electron chi connectivity index (χ0n) is 24.0. The molecule has 0 spiro atoms. The number of rotatable bonds is 7. The van der Waals surface area contributed by atoms with Crippen LogP contribution in [0.15, 0.2) is 47.5 Å². The molecule has 0 aliphatic carbocycles. The zero-order valence-corrected chi connectivity index (χ0v) is 24.0. The Morgan fingerprint density at radius 1 is 1.12 bits per heavy atom. The van der Waals surface area contributed by atoms with Gasteiger partial charge in [0.1, 0.15) is 5.82 Å². The molecule has 5 heterocycles. The Morgan fingerprint density at radius 3 is 2.52 bits per heavy atom. The van der Waals surface area contributed by atoms with E-state index in [9.17, 15) is 9.59 Å². The SMILES string of the molecule is CCN1CCN(C(C)c2c(C)c(C(=O)NCc3c(C)cc(C)[nH]c3=O)cc3c(-c4ccc(N)nc4)ccn23)CC1. The lowest BCUT2D eigenvalue weighted by atomic mass is 9.99. The number of hydrogen-bond donors (Lipinski definition) is 3. The smallest absolute Gasteiger partial charge is 0.253 e. The number of nitrogens with two attached hydrogens (primary N) is 1. The van der Waals surface area contributed by atoms with Crippen molar-refractivity contribution in [3.05, 3.63) is 86.7 Å². The second kappa shape index (κ2) is 11.3. The minimum absolute atomic E-state index is 0.0984. The number of aromatic nitrogens is 3. The highest BCUT2D eigenvalue weighted by Gasteiger charge is 2.27. The molecular formula is C31H39N7O2. The van der Waals surface area contributed by atoms with Crippen LogP contribution in [-0.4, -0.2) is 62.8 Å². The van der Waals surface area contributed by atoms with E-state index in [-0.39, 0.29) is 24.1 Å². The van der Waals surface area contributed by atoms with Gasteiger partial charge in [-0.1, -0.05) is 6.92 Å². The molecule has 0 radical (unpaired) electrons. The van der Waals surface area contributed by atoms with E-state index >= 15 is 0 Å². The predicted octanol–water partition coefficient (Wildman–Crippen LogP) is 3.83. The van der Waals surface area contributed by atoms with Crippen molar-refractivity contribution in [3.63, 3.8) is 0 Å². The lowest BCUT2D eigenvalue weighted by Gasteiger charge is -2.38. The van der Waals surface area contributed by atoms with Gasteiger partial charge in [0.25, 0.3) is 11.5 Å². The molecule has 9 nitrogen and oxygen atoms in total. The van der Waals surface area contributed by atoms with Crippen LogP contribution >= 0.6 is 0 Å². The molecule has 0 saturated carbocycles. The first-order valence-electron chi connectivity index (χ1n) is 14.0. The number of hydrogen-bond acceptors (Lipinski definition) is 6. The minimum atomic E-state index is -0.203. The Morgan fingerprint density at radius 2 is 1.88 bits per heavy atom. The first-order valence-corrected chi connectivity index (χ1v) is 14.0. The van der Waals surface area contributed by atoms with Crippen LogP contribution in [0.3, 0.4) is 0 Å². The van der Waals surface area contributed by atoms with Crippen LogP contribution in [0, 0.1) is 20.8 Å². The molecule has 0 aromatic carbocycles. The Bertz CT molecular complexity index is 1590. The van der Waals surface area contributed by atoms with Gasteiger partial charge in [-0.3, -0.25) is 14.5 Å². The maximum atomic E-state index is 13.7. The van der Waals surface area contributed by atoms with Gasteiger partial charge in [-0.25, -0.2) is 4.98 Å². The van der Waals surface area contributed by atoms with Crippen molar-refractivity contribution in [1.29, 1.82) is 0 Å². The molecule has 4 aromatic heterocycles. The normalized spacial score (nSPS) is 15.4. The highest BCUT2D eigenvalue weighted by Crippen LogP contribution is 2.34. The third-order valence-corrected chi connectivity index (χ3v) is 8.31. The fraction of sp³-hybridized carbons (Fsp3) is 0.387. The van der Waals surface area contributed by atoms with Gasteiger partial charge in [0, 0.05) is 84.8 Å². The van der Waals surface area contributed by atoms with Gasteiger partial charge in [0.2, 0.25) is 0 Å². The van der Waals surface area contributed by atoms with Crippen LogP contribution < -0.4 is 16.6 Å². The van der Waals surface area contributed by atoms with Crippen LogP contribution in [0.4, 0.5) is 5.82 Å². The summed E-state index contributed by atoms with van der Waals surface area (Å²) in [5.41, 5.74) is 13.4. The summed E-state index contributed by atoms with van der Waals surface area (Å²) in [5, 5.41) is 3.02. The number of pyridine rings is 3. The van der Waals surface area contributed by atoms with Crippen molar-refractivity contribution in [1.82, 2.24) is 29.5 Å². The van der Waals surface area contributed by atoms with Gasteiger partial charge in [0.05, 0.1) is 5.52 Å². The van der Waals surface area contributed by atoms with E-state index in [1.807, 2.05) is 39.0 Å². The fourth-order valence-electron chi connectivity index (χ4n) is 5.93. The van der Waals surface area contributed by atoms with Crippen LogP contribution in [0.2, 0.25) is 0 Å². The molecule has 1 saturated heterocycles. The molecule has 9 heteroatoms. The summed E-state index contributed by atoms with van der Waals surface area (Å²) in [5.74, 6) is 0.260. The molecule has 5 rings (SSSR count). The summed E-state index contributed by atoms with van der Waals surface area (Å²) in [7, 11) is 0. The molecule has 1 atom stereocenters. The molecule has 1 aliphatic heterocycles. The fourth-order valence-corrected chi connectivity index (χ4v) is 5.93. The number of fused-ring (bicyclic) bond motifs is 1. The van der Waals surface area contributed by atoms with Gasteiger partial charge in [-0.2, -0.15) is 0 Å². The Kier molecular flexibility index (Phi) is 7.78. The molecule has 1 aliphatic rings. The number of aromatic amines is 1. The van der Waals surface area contributed by atoms with Crippen molar-refractivity contribution < 1.29 is 4.79 Å². The predicted molar refractivity (Wildman–Crippen MR) is 160 cm³/mol. The number of piperazine rings is 1. The summed E-state index contributed by atoms with van der Waals surface area (Å²) in [4.78, 5) is 38.4. The third-order valence-electron chi connectivity index (χ3n) is 8.31. The number of carbonyl (C=O) groups is 1. The molecule has 1 unspecified atom stereocenters. The maximum Gasteiger partial charge on any atom is 0.253 e. The molecule has 4 N–H and O–H groups in total. The molecule has 1 amide bonds. The number of H-pyrrole nitrogens is 1. The molecule has 40 heavy (non-hydrogen) atoms. The standard InChI is InChI=1S/C31H39N7O2/c1-6-36-11-13-37(14-12-36)22(5)29-21(4)25(30(39)34-18-26-19(2)15-20(3)35-31(26)40)16-27-24(9-10-38(27)29)23-7-8-28(32)33-17-23/h7-10,15-17,22H,6,11-14,18H2,1-5H3,(H2,32,33)(H,34,39)(H,35,40). The van der Waals surface area contributed by atoms with E-state index in [0.29, 0.717) is 16.9 Å². The first kappa shape index (κ1) is 27.6. The number of nitrogen functional groups attached to an aromatic ring is 1.